The summed E-state index contributed by atoms with van der Waals surface area (Å²) in [7, 11) is 0. The van der Waals surface area contributed by atoms with Crippen molar-refractivity contribution in [3.63, 3.8) is 0 Å². The van der Waals surface area contributed by atoms with E-state index in [2.05, 4.69) is 15.5 Å². The maximum atomic E-state index is 6.01. The van der Waals surface area contributed by atoms with Crippen LogP contribution in [0, 0.1) is 0 Å². The lowest BCUT2D eigenvalue weighted by atomic mass is 10.2. The van der Waals surface area contributed by atoms with Crippen LogP contribution in [0.3, 0.4) is 0 Å². The molecular weight excluding hydrogens is 370 g/mol. The summed E-state index contributed by atoms with van der Waals surface area (Å²) in [5.74, 6) is 1.49. The molecule has 1 aromatic heterocycles. The van der Waals surface area contributed by atoms with Crippen LogP contribution in [0.15, 0.2) is 57.9 Å². The molecule has 26 heavy (non-hydrogen) atoms. The van der Waals surface area contributed by atoms with Crippen LogP contribution < -0.4 is 14.3 Å². The zero-order valence-electron chi connectivity index (χ0n) is 14.1. The van der Waals surface area contributed by atoms with Gasteiger partial charge < -0.3 is 9.47 Å². The van der Waals surface area contributed by atoms with E-state index >= 15 is 0 Å². The highest BCUT2D eigenvalue weighted by Gasteiger charge is 2.13. The number of ether oxygens (including phenoxy) is 2. The average Bonchev–Trinajstić information content (AvgIpc) is 3.27. The van der Waals surface area contributed by atoms with Gasteiger partial charge in [0, 0.05) is 22.5 Å². The highest BCUT2D eigenvalue weighted by atomic mass is 35.5. The molecule has 2 aromatic carbocycles. The Morgan fingerprint density at radius 3 is 2.77 bits per heavy atom. The minimum Gasteiger partial charge on any atom is -0.454 e. The molecule has 0 saturated heterocycles. The number of halogens is 1. The first-order valence-corrected chi connectivity index (χ1v) is 9.41. The van der Waals surface area contributed by atoms with Crippen molar-refractivity contribution in [1.82, 2.24) is 4.68 Å². The molecule has 0 fully saturated rings. The van der Waals surface area contributed by atoms with Crippen LogP contribution in [-0.4, -0.2) is 24.2 Å². The summed E-state index contributed by atoms with van der Waals surface area (Å²) in [6.45, 7) is 2.96. The maximum Gasteiger partial charge on any atom is 0.231 e. The molecule has 1 aliphatic rings. The predicted molar refractivity (Wildman–Crippen MR) is 104 cm³/mol. The Morgan fingerprint density at radius 1 is 1.15 bits per heavy atom. The SMILES string of the molecule is CCN=c1scc(-c2ccc(Cl)cc2)n1/N=C\c1ccc2c(c1)OCO2. The van der Waals surface area contributed by atoms with E-state index in [1.807, 2.05) is 54.1 Å². The quantitative estimate of drug-likeness (QED) is 0.625. The zero-order chi connectivity index (χ0) is 17.9. The molecule has 0 unspecified atom stereocenters. The van der Waals surface area contributed by atoms with E-state index in [1.165, 1.54) is 0 Å². The average molecular weight is 386 g/mol. The predicted octanol–water partition coefficient (Wildman–Crippen LogP) is 4.40. The van der Waals surface area contributed by atoms with Gasteiger partial charge in [0.1, 0.15) is 0 Å². The number of nitrogens with zero attached hydrogens (tertiary/aromatic N) is 3. The van der Waals surface area contributed by atoms with Crippen LogP contribution >= 0.6 is 22.9 Å². The Bertz CT molecular complexity index is 1020. The van der Waals surface area contributed by atoms with E-state index < -0.39 is 0 Å². The largest absolute Gasteiger partial charge is 0.454 e. The molecule has 0 amide bonds. The van der Waals surface area contributed by atoms with Crippen molar-refractivity contribution in [2.24, 2.45) is 10.1 Å². The Labute approximate surface area is 159 Å². The third-order valence-corrected chi connectivity index (χ3v) is 4.94. The highest BCUT2D eigenvalue weighted by molar-refractivity contribution is 7.07. The third kappa shape index (κ3) is 3.38. The minimum atomic E-state index is 0.259. The summed E-state index contributed by atoms with van der Waals surface area (Å²) in [6.07, 6.45) is 1.79. The normalized spacial score (nSPS) is 13.7. The van der Waals surface area contributed by atoms with Gasteiger partial charge in [-0.1, -0.05) is 23.7 Å². The summed E-state index contributed by atoms with van der Waals surface area (Å²) < 4.78 is 12.6. The van der Waals surface area contributed by atoms with Crippen molar-refractivity contribution in [2.75, 3.05) is 13.3 Å². The molecule has 0 radical (unpaired) electrons. The molecule has 0 aliphatic carbocycles. The summed E-state index contributed by atoms with van der Waals surface area (Å²) in [4.78, 5) is 5.38. The van der Waals surface area contributed by atoms with Crippen molar-refractivity contribution < 1.29 is 9.47 Å². The molecule has 2 heterocycles. The number of thiazole rings is 1. The van der Waals surface area contributed by atoms with Gasteiger partial charge in [0.2, 0.25) is 11.6 Å². The summed E-state index contributed by atoms with van der Waals surface area (Å²) in [5.41, 5.74) is 2.93. The lowest BCUT2D eigenvalue weighted by Crippen LogP contribution is -2.12. The van der Waals surface area contributed by atoms with E-state index in [-0.39, 0.29) is 6.79 Å². The number of rotatable bonds is 4. The van der Waals surface area contributed by atoms with Crippen LogP contribution in [-0.2, 0) is 0 Å². The van der Waals surface area contributed by atoms with E-state index in [4.69, 9.17) is 21.1 Å². The lowest BCUT2D eigenvalue weighted by Gasteiger charge is -2.04. The fourth-order valence-corrected chi connectivity index (χ4v) is 3.62. The molecule has 132 valence electrons. The molecule has 0 saturated carbocycles. The van der Waals surface area contributed by atoms with Crippen LogP contribution in [0.1, 0.15) is 12.5 Å². The number of benzene rings is 2. The second kappa shape index (κ2) is 7.35. The highest BCUT2D eigenvalue weighted by Crippen LogP contribution is 2.32. The van der Waals surface area contributed by atoms with Gasteiger partial charge in [0.25, 0.3) is 0 Å². The van der Waals surface area contributed by atoms with Gasteiger partial charge in [-0.3, -0.25) is 4.99 Å². The Hall–Kier alpha value is -2.57. The lowest BCUT2D eigenvalue weighted by molar-refractivity contribution is 0.174. The Balaban J connectivity index is 1.73. The van der Waals surface area contributed by atoms with E-state index in [0.29, 0.717) is 11.6 Å². The van der Waals surface area contributed by atoms with E-state index in [1.54, 1.807) is 17.6 Å². The van der Waals surface area contributed by atoms with Gasteiger partial charge in [-0.05, 0) is 42.8 Å². The zero-order valence-corrected chi connectivity index (χ0v) is 15.6. The monoisotopic (exact) mass is 385 g/mol. The van der Waals surface area contributed by atoms with Gasteiger partial charge >= 0.3 is 0 Å². The second-order valence-corrected chi connectivity index (χ2v) is 6.83. The van der Waals surface area contributed by atoms with Gasteiger partial charge in [0.05, 0.1) is 11.9 Å². The van der Waals surface area contributed by atoms with Gasteiger partial charge in [0.15, 0.2) is 11.5 Å². The summed E-state index contributed by atoms with van der Waals surface area (Å²) in [6, 6.07) is 13.5. The number of hydrogen-bond acceptors (Lipinski definition) is 5. The van der Waals surface area contributed by atoms with E-state index in [0.717, 1.165) is 33.1 Å². The van der Waals surface area contributed by atoms with Crippen LogP contribution in [0.5, 0.6) is 11.5 Å². The molecular formula is C19H16ClN3O2S. The molecule has 7 heteroatoms. The molecule has 3 aromatic rings. The van der Waals surface area contributed by atoms with Gasteiger partial charge in [-0.25, -0.2) is 4.68 Å². The van der Waals surface area contributed by atoms with Gasteiger partial charge in [-0.15, -0.1) is 11.3 Å². The first kappa shape index (κ1) is 16.9. The first-order chi connectivity index (χ1) is 12.7. The fourth-order valence-electron chi connectivity index (χ4n) is 2.59. The molecule has 0 spiro atoms. The van der Waals surface area contributed by atoms with Gasteiger partial charge in [-0.2, -0.15) is 5.10 Å². The molecule has 5 nitrogen and oxygen atoms in total. The molecule has 4 rings (SSSR count). The van der Waals surface area contributed by atoms with E-state index in [9.17, 15) is 0 Å². The Kier molecular flexibility index (Phi) is 4.77. The fraction of sp³-hybridized carbons (Fsp3) is 0.158. The summed E-state index contributed by atoms with van der Waals surface area (Å²) >= 11 is 7.57. The minimum absolute atomic E-state index is 0.259. The van der Waals surface area contributed by atoms with Crippen molar-refractivity contribution in [2.45, 2.75) is 6.92 Å². The second-order valence-electron chi connectivity index (χ2n) is 5.55. The molecule has 1 aliphatic heterocycles. The van der Waals surface area contributed by atoms with Crippen molar-refractivity contribution in [1.29, 1.82) is 0 Å². The molecule has 0 N–H and O–H groups in total. The van der Waals surface area contributed by atoms with Crippen LogP contribution in [0.4, 0.5) is 0 Å². The number of fused-ring (bicyclic) bond motifs is 1. The topological polar surface area (TPSA) is 48.1 Å². The van der Waals surface area contributed by atoms with Crippen molar-refractivity contribution in [3.05, 3.63) is 63.2 Å². The van der Waals surface area contributed by atoms with Crippen molar-refractivity contribution >= 4 is 29.2 Å². The third-order valence-electron chi connectivity index (χ3n) is 3.84. The standard InChI is InChI=1S/C19H16ClN3O2S/c1-2-21-19-23(16(11-26-19)14-4-6-15(20)7-5-14)22-10-13-3-8-17-18(9-13)25-12-24-17/h3-11H,2,12H2,1H3/b21-19?,22-10-. The van der Waals surface area contributed by atoms with Crippen molar-refractivity contribution in [3.8, 4) is 22.8 Å². The van der Waals surface area contributed by atoms with Crippen LogP contribution in [0.25, 0.3) is 11.3 Å². The molecule has 0 bridgehead atoms. The van der Waals surface area contributed by atoms with Crippen LogP contribution in [0.2, 0.25) is 5.02 Å². The summed E-state index contributed by atoms with van der Waals surface area (Å²) in [5, 5.41) is 7.41. The smallest absolute Gasteiger partial charge is 0.231 e. The maximum absolute atomic E-state index is 6.01. The molecule has 0 atom stereocenters. The first-order valence-electron chi connectivity index (χ1n) is 8.15. The Morgan fingerprint density at radius 2 is 1.96 bits per heavy atom. The number of aromatic nitrogens is 1. The number of hydrogen-bond donors (Lipinski definition) is 0.